The highest BCUT2D eigenvalue weighted by Crippen LogP contribution is 1.89. The van der Waals surface area contributed by atoms with Crippen LogP contribution in [0.25, 0.3) is 0 Å². The van der Waals surface area contributed by atoms with Crippen LogP contribution in [0.5, 0.6) is 0 Å². The Morgan fingerprint density at radius 3 is 2.91 bits per heavy atom. The van der Waals surface area contributed by atoms with Gasteiger partial charge in [-0.3, -0.25) is 4.79 Å². The van der Waals surface area contributed by atoms with E-state index in [0.717, 1.165) is 6.20 Å². The van der Waals surface area contributed by atoms with Gasteiger partial charge >= 0.3 is 0 Å². The van der Waals surface area contributed by atoms with E-state index in [0.29, 0.717) is 10.4 Å². The van der Waals surface area contributed by atoms with Crippen LogP contribution >= 0.6 is 0 Å². The number of nitrogens with two attached hydrogens (primary N) is 1. The Bertz CT molecular complexity index is 298. The molecule has 11 heavy (non-hydrogen) atoms. The highest BCUT2D eigenvalue weighted by Gasteiger charge is 2.07. The minimum absolute atomic E-state index is 0.0226. The highest BCUT2D eigenvalue weighted by atomic mass is 16.5. The van der Waals surface area contributed by atoms with E-state index >= 15 is 0 Å². The Morgan fingerprint density at radius 2 is 2.45 bits per heavy atom. The Morgan fingerprint density at radius 1 is 1.82 bits per heavy atom. The maximum absolute atomic E-state index is 10.8. The summed E-state index contributed by atoms with van der Waals surface area (Å²) < 4.78 is 0.549. The number of nitrogens with zero attached hydrogens (tertiary/aromatic N) is 2. The zero-order valence-corrected chi connectivity index (χ0v) is 5.94. The number of primary amides is 1. The molecule has 2 N–H and O–H groups in total. The van der Waals surface area contributed by atoms with Gasteiger partial charge < -0.3 is 10.9 Å². The Kier molecular flexibility index (Phi) is 1.72. The van der Waals surface area contributed by atoms with Crippen LogP contribution in [0.1, 0.15) is 16.2 Å². The number of aromatic nitrogens is 2. The summed E-state index contributed by atoms with van der Waals surface area (Å²) in [5, 5.41) is 10.8. The molecule has 1 aromatic heterocycles. The van der Waals surface area contributed by atoms with Gasteiger partial charge in [-0.15, -0.1) is 0 Å². The summed E-state index contributed by atoms with van der Waals surface area (Å²) in [6.45, 7) is 1.59. The minimum atomic E-state index is -0.699. The predicted octanol–water partition coefficient (Wildman–Crippen LogP) is -0.878. The number of aryl methyl sites for hydroxylation is 1. The molecule has 0 aromatic carbocycles. The largest absolute Gasteiger partial charge is 0.618 e. The van der Waals surface area contributed by atoms with Crippen molar-refractivity contribution in [2.75, 3.05) is 0 Å². The lowest BCUT2D eigenvalue weighted by Gasteiger charge is -1.99. The molecule has 0 radical (unpaired) electrons. The standard InChI is InChI=1S/C6H7N3O2/c1-4-2-8-5(6(7)10)3-9(4)11/h2-3H,1H3,(H2,7,10). The fourth-order valence-electron chi connectivity index (χ4n) is 0.593. The van der Waals surface area contributed by atoms with Crippen molar-refractivity contribution in [2.24, 2.45) is 5.73 Å². The minimum Gasteiger partial charge on any atom is -0.618 e. The third kappa shape index (κ3) is 1.43. The Balaban J connectivity index is 3.15. The average molecular weight is 153 g/mol. The molecule has 1 heterocycles. The van der Waals surface area contributed by atoms with E-state index in [-0.39, 0.29) is 5.69 Å². The molecule has 0 unspecified atom stereocenters. The first kappa shape index (κ1) is 7.46. The average Bonchev–Trinajstić information content (AvgIpc) is 1.94. The molecule has 58 valence electrons. The summed E-state index contributed by atoms with van der Waals surface area (Å²) >= 11 is 0. The van der Waals surface area contributed by atoms with Crippen LogP contribution in [0.15, 0.2) is 12.4 Å². The van der Waals surface area contributed by atoms with Gasteiger partial charge in [0.1, 0.15) is 0 Å². The maximum Gasteiger partial charge on any atom is 0.273 e. The zero-order valence-electron chi connectivity index (χ0n) is 5.94. The Labute approximate surface area is 63.1 Å². The van der Waals surface area contributed by atoms with Gasteiger partial charge in [-0.1, -0.05) is 0 Å². The first-order valence-corrected chi connectivity index (χ1v) is 2.97. The predicted molar refractivity (Wildman–Crippen MR) is 36.5 cm³/mol. The van der Waals surface area contributed by atoms with Crippen molar-refractivity contribution >= 4 is 5.91 Å². The lowest BCUT2D eigenvalue weighted by atomic mass is 10.4. The van der Waals surface area contributed by atoms with Gasteiger partial charge in [0.25, 0.3) is 5.91 Å². The van der Waals surface area contributed by atoms with Crippen LogP contribution in [-0.4, -0.2) is 10.9 Å². The van der Waals surface area contributed by atoms with E-state index in [1.807, 2.05) is 0 Å². The molecular formula is C6H7N3O2. The van der Waals surface area contributed by atoms with E-state index in [9.17, 15) is 10.0 Å². The van der Waals surface area contributed by atoms with Crippen molar-refractivity contribution in [3.63, 3.8) is 0 Å². The fraction of sp³-hybridized carbons (Fsp3) is 0.167. The molecule has 0 fully saturated rings. The van der Waals surface area contributed by atoms with Gasteiger partial charge in [-0.25, -0.2) is 4.98 Å². The molecule has 0 bridgehead atoms. The second-order valence-electron chi connectivity index (χ2n) is 2.10. The van der Waals surface area contributed by atoms with Crippen molar-refractivity contribution < 1.29 is 9.52 Å². The molecular weight excluding hydrogens is 146 g/mol. The molecule has 1 rings (SSSR count). The molecule has 1 amide bonds. The Hall–Kier alpha value is -1.65. The van der Waals surface area contributed by atoms with Gasteiger partial charge in [-0.2, -0.15) is 4.73 Å². The summed E-state index contributed by atoms with van der Waals surface area (Å²) in [4.78, 5) is 14.1. The number of hydrogen-bond donors (Lipinski definition) is 1. The van der Waals surface area contributed by atoms with E-state index in [2.05, 4.69) is 4.98 Å². The molecule has 0 aliphatic rings. The topological polar surface area (TPSA) is 82.9 Å². The third-order valence-electron chi connectivity index (χ3n) is 1.23. The molecule has 1 aromatic rings. The second kappa shape index (κ2) is 2.53. The van der Waals surface area contributed by atoms with Crippen LogP contribution in [0.4, 0.5) is 0 Å². The van der Waals surface area contributed by atoms with Crippen molar-refractivity contribution in [2.45, 2.75) is 6.92 Å². The first-order valence-electron chi connectivity index (χ1n) is 2.97. The smallest absolute Gasteiger partial charge is 0.273 e. The van der Waals surface area contributed by atoms with Crippen molar-refractivity contribution in [1.29, 1.82) is 0 Å². The molecule has 0 spiro atoms. The van der Waals surface area contributed by atoms with Gasteiger partial charge in [0.05, 0.1) is 6.20 Å². The van der Waals surface area contributed by atoms with Gasteiger partial charge in [0, 0.05) is 6.92 Å². The first-order chi connectivity index (χ1) is 5.11. The van der Waals surface area contributed by atoms with E-state index < -0.39 is 5.91 Å². The number of carbonyl (C=O) groups is 1. The quantitative estimate of drug-likeness (QED) is 0.420. The zero-order chi connectivity index (χ0) is 8.43. The van der Waals surface area contributed by atoms with Crippen LogP contribution in [0.2, 0.25) is 0 Å². The normalized spacial score (nSPS) is 9.55. The molecule has 0 saturated heterocycles. The summed E-state index contributed by atoms with van der Waals surface area (Å²) in [5.74, 6) is -0.699. The SMILES string of the molecule is Cc1cnc(C(N)=O)c[n+]1[O-]. The van der Waals surface area contributed by atoms with E-state index in [1.54, 1.807) is 6.92 Å². The molecule has 0 atom stereocenters. The summed E-state index contributed by atoms with van der Waals surface area (Å²) in [7, 11) is 0. The van der Waals surface area contributed by atoms with Crippen LogP contribution < -0.4 is 10.5 Å². The summed E-state index contributed by atoms with van der Waals surface area (Å²) in [6.07, 6.45) is 2.35. The van der Waals surface area contributed by atoms with Crippen LogP contribution in [0, 0.1) is 12.1 Å². The van der Waals surface area contributed by atoms with E-state index in [4.69, 9.17) is 5.73 Å². The molecule has 0 saturated carbocycles. The second-order valence-corrected chi connectivity index (χ2v) is 2.10. The monoisotopic (exact) mass is 153 g/mol. The number of amides is 1. The van der Waals surface area contributed by atoms with E-state index in [1.165, 1.54) is 6.20 Å². The van der Waals surface area contributed by atoms with Crippen LogP contribution in [-0.2, 0) is 0 Å². The van der Waals surface area contributed by atoms with Crippen LogP contribution in [0.3, 0.4) is 0 Å². The number of rotatable bonds is 1. The number of carbonyl (C=O) groups excluding carboxylic acids is 1. The highest BCUT2D eigenvalue weighted by molar-refractivity contribution is 5.90. The fourth-order valence-corrected chi connectivity index (χ4v) is 0.593. The molecule has 5 nitrogen and oxygen atoms in total. The lowest BCUT2D eigenvalue weighted by molar-refractivity contribution is -0.613. The van der Waals surface area contributed by atoms with Crippen molar-refractivity contribution in [1.82, 2.24) is 4.98 Å². The van der Waals surface area contributed by atoms with Crippen molar-refractivity contribution in [3.05, 3.63) is 29.0 Å². The van der Waals surface area contributed by atoms with Crippen molar-refractivity contribution in [3.8, 4) is 0 Å². The number of hydrogen-bond acceptors (Lipinski definition) is 3. The maximum atomic E-state index is 10.8. The van der Waals surface area contributed by atoms with Gasteiger partial charge in [0.15, 0.2) is 5.69 Å². The third-order valence-corrected chi connectivity index (χ3v) is 1.23. The summed E-state index contributed by atoms with van der Waals surface area (Å²) in [5.41, 5.74) is 5.28. The molecule has 0 aliphatic heterocycles. The molecule has 0 aliphatic carbocycles. The van der Waals surface area contributed by atoms with Gasteiger partial charge in [-0.05, 0) is 0 Å². The van der Waals surface area contributed by atoms with Gasteiger partial charge in [0.2, 0.25) is 11.9 Å². The summed E-state index contributed by atoms with van der Waals surface area (Å²) in [6, 6.07) is 0. The lowest BCUT2D eigenvalue weighted by Crippen LogP contribution is -2.32. The molecule has 5 heteroatoms.